The summed E-state index contributed by atoms with van der Waals surface area (Å²) in [7, 11) is 3.56. The monoisotopic (exact) mass is 279 g/mol. The summed E-state index contributed by atoms with van der Waals surface area (Å²) in [6, 6.07) is 2.97. The van der Waals surface area contributed by atoms with Crippen LogP contribution in [0.1, 0.15) is 15.9 Å². The van der Waals surface area contributed by atoms with Crippen molar-refractivity contribution in [2.45, 2.75) is 6.54 Å². The van der Waals surface area contributed by atoms with E-state index in [1.165, 1.54) is 6.07 Å². The maximum Gasteiger partial charge on any atom is 0.179 e. The summed E-state index contributed by atoms with van der Waals surface area (Å²) >= 11 is 0. The van der Waals surface area contributed by atoms with Crippen molar-refractivity contribution in [1.29, 1.82) is 0 Å². The van der Waals surface area contributed by atoms with Crippen LogP contribution in [-0.2, 0) is 13.6 Å². The van der Waals surface area contributed by atoms with Crippen LogP contribution >= 0.6 is 0 Å². The number of likely N-dealkylation sites (N-methyl/N-ethyl adjacent to an activating group) is 1. The second-order valence-corrected chi connectivity index (χ2v) is 4.74. The van der Waals surface area contributed by atoms with Crippen molar-refractivity contribution in [1.82, 2.24) is 14.7 Å². The van der Waals surface area contributed by atoms with Gasteiger partial charge in [-0.15, -0.1) is 0 Å². The number of Topliss-reactive ketones (excluding diaryl/α,β-unsaturated/α-hetero) is 1. The van der Waals surface area contributed by atoms with Crippen molar-refractivity contribution in [3.8, 4) is 0 Å². The number of aromatic nitrogens is 2. The Morgan fingerprint density at radius 2 is 2.15 bits per heavy atom. The maximum absolute atomic E-state index is 13.5. The van der Waals surface area contributed by atoms with Crippen LogP contribution in [0.4, 0.5) is 8.78 Å². The molecule has 4 nitrogen and oxygen atoms in total. The molecule has 0 unspecified atom stereocenters. The summed E-state index contributed by atoms with van der Waals surface area (Å²) in [5.74, 6) is -1.90. The topological polar surface area (TPSA) is 38.1 Å². The van der Waals surface area contributed by atoms with E-state index in [1.807, 2.05) is 13.2 Å². The number of benzene rings is 1. The first-order chi connectivity index (χ1) is 9.45. The highest BCUT2D eigenvalue weighted by molar-refractivity contribution is 5.97. The van der Waals surface area contributed by atoms with Crippen LogP contribution in [0.25, 0.3) is 0 Å². The molecule has 2 rings (SSSR count). The van der Waals surface area contributed by atoms with E-state index in [4.69, 9.17) is 0 Å². The van der Waals surface area contributed by atoms with Crippen LogP contribution in [0.15, 0.2) is 30.6 Å². The van der Waals surface area contributed by atoms with Gasteiger partial charge in [0.05, 0.1) is 18.3 Å². The first-order valence-corrected chi connectivity index (χ1v) is 6.10. The number of carbonyl (C=O) groups excluding carboxylic acids is 1. The summed E-state index contributed by atoms with van der Waals surface area (Å²) in [5.41, 5.74) is 0.867. The van der Waals surface area contributed by atoms with Gasteiger partial charge in [0.25, 0.3) is 0 Å². The quantitative estimate of drug-likeness (QED) is 0.786. The fourth-order valence-electron chi connectivity index (χ4n) is 1.97. The molecule has 6 heteroatoms. The molecule has 0 spiro atoms. The van der Waals surface area contributed by atoms with Gasteiger partial charge in [0, 0.05) is 31.4 Å². The molecule has 1 heterocycles. The maximum atomic E-state index is 13.5. The van der Waals surface area contributed by atoms with Gasteiger partial charge in [-0.1, -0.05) is 0 Å². The fraction of sp³-hybridized carbons (Fsp3) is 0.286. The van der Waals surface area contributed by atoms with Crippen molar-refractivity contribution >= 4 is 5.78 Å². The zero-order valence-corrected chi connectivity index (χ0v) is 11.3. The molecule has 0 saturated heterocycles. The van der Waals surface area contributed by atoms with Crippen molar-refractivity contribution < 1.29 is 13.6 Å². The smallest absolute Gasteiger partial charge is 0.179 e. The molecule has 0 fully saturated rings. The zero-order valence-electron chi connectivity index (χ0n) is 11.3. The van der Waals surface area contributed by atoms with Gasteiger partial charge in [0.1, 0.15) is 11.6 Å². The van der Waals surface area contributed by atoms with Crippen molar-refractivity contribution in [2.24, 2.45) is 7.05 Å². The van der Waals surface area contributed by atoms with Gasteiger partial charge in [0.15, 0.2) is 5.78 Å². The van der Waals surface area contributed by atoms with E-state index < -0.39 is 11.6 Å². The lowest BCUT2D eigenvalue weighted by Crippen LogP contribution is -2.26. The Kier molecular flexibility index (Phi) is 4.24. The molecule has 0 amide bonds. The highest BCUT2D eigenvalue weighted by Gasteiger charge is 2.15. The number of halogens is 2. The van der Waals surface area contributed by atoms with E-state index in [2.05, 4.69) is 5.10 Å². The van der Waals surface area contributed by atoms with Crippen LogP contribution in [0.2, 0.25) is 0 Å². The molecular weight excluding hydrogens is 264 g/mol. The SMILES string of the molecule is CN(CC(=O)c1ccc(F)cc1F)Cc1cnn(C)c1. The first-order valence-electron chi connectivity index (χ1n) is 6.10. The molecule has 0 aliphatic rings. The summed E-state index contributed by atoms with van der Waals surface area (Å²) in [6.07, 6.45) is 3.55. The minimum absolute atomic E-state index is 0.0530. The second-order valence-electron chi connectivity index (χ2n) is 4.74. The number of hydrogen-bond acceptors (Lipinski definition) is 3. The van der Waals surface area contributed by atoms with Crippen LogP contribution in [-0.4, -0.2) is 34.1 Å². The van der Waals surface area contributed by atoms with Gasteiger partial charge in [-0.3, -0.25) is 14.4 Å². The number of nitrogens with zero attached hydrogens (tertiary/aromatic N) is 3. The van der Waals surface area contributed by atoms with E-state index in [9.17, 15) is 13.6 Å². The summed E-state index contributed by atoms with van der Waals surface area (Å²) in [6.45, 7) is 0.583. The molecule has 0 bridgehead atoms. The Balaban J connectivity index is 2.00. The van der Waals surface area contributed by atoms with Crippen LogP contribution < -0.4 is 0 Å². The van der Waals surface area contributed by atoms with Gasteiger partial charge in [-0.2, -0.15) is 5.10 Å². The molecule has 1 aromatic carbocycles. The van der Waals surface area contributed by atoms with E-state index in [1.54, 1.807) is 22.8 Å². The molecule has 0 aliphatic heterocycles. The minimum Gasteiger partial charge on any atom is -0.294 e. The highest BCUT2D eigenvalue weighted by atomic mass is 19.1. The van der Waals surface area contributed by atoms with E-state index in [0.717, 1.165) is 11.6 Å². The molecule has 106 valence electrons. The molecule has 20 heavy (non-hydrogen) atoms. The largest absolute Gasteiger partial charge is 0.294 e. The summed E-state index contributed by atoms with van der Waals surface area (Å²) in [4.78, 5) is 13.7. The summed E-state index contributed by atoms with van der Waals surface area (Å²) in [5, 5.41) is 4.03. The number of hydrogen-bond donors (Lipinski definition) is 0. The van der Waals surface area contributed by atoms with Gasteiger partial charge in [-0.05, 0) is 19.2 Å². The molecule has 2 aromatic rings. The Hall–Kier alpha value is -2.08. The van der Waals surface area contributed by atoms with Gasteiger partial charge >= 0.3 is 0 Å². The van der Waals surface area contributed by atoms with Crippen LogP contribution in [0, 0.1) is 11.6 Å². The lowest BCUT2D eigenvalue weighted by molar-refractivity contribution is 0.0939. The fourth-order valence-corrected chi connectivity index (χ4v) is 1.97. The van der Waals surface area contributed by atoms with E-state index in [0.29, 0.717) is 12.6 Å². The third kappa shape index (κ3) is 3.48. The van der Waals surface area contributed by atoms with E-state index >= 15 is 0 Å². The molecule has 0 atom stereocenters. The van der Waals surface area contributed by atoms with E-state index in [-0.39, 0.29) is 17.9 Å². The molecule has 0 N–H and O–H groups in total. The Bertz CT molecular complexity index is 625. The van der Waals surface area contributed by atoms with Gasteiger partial charge < -0.3 is 0 Å². The second kappa shape index (κ2) is 5.92. The van der Waals surface area contributed by atoms with Crippen LogP contribution in [0.5, 0.6) is 0 Å². The van der Waals surface area contributed by atoms with Crippen molar-refractivity contribution in [3.63, 3.8) is 0 Å². The predicted molar refractivity (Wildman–Crippen MR) is 70.2 cm³/mol. The normalized spacial score (nSPS) is 11.1. The number of rotatable bonds is 5. The average Bonchev–Trinajstić information content (AvgIpc) is 2.74. The number of aryl methyl sites for hydroxylation is 1. The Labute approximate surface area is 115 Å². The highest BCUT2D eigenvalue weighted by Crippen LogP contribution is 2.11. The van der Waals surface area contributed by atoms with Gasteiger partial charge in [-0.25, -0.2) is 8.78 Å². The Morgan fingerprint density at radius 3 is 2.75 bits per heavy atom. The molecule has 0 aliphatic carbocycles. The lowest BCUT2D eigenvalue weighted by Gasteiger charge is -2.14. The minimum atomic E-state index is -0.829. The standard InChI is InChI=1S/C14H15F2N3O/c1-18(7-10-6-17-19(2)8-10)9-14(20)12-4-3-11(15)5-13(12)16/h3-6,8H,7,9H2,1-2H3. The van der Waals surface area contributed by atoms with Crippen LogP contribution in [0.3, 0.4) is 0 Å². The predicted octanol–water partition coefficient (Wildman–Crippen LogP) is 2.01. The third-order valence-corrected chi connectivity index (χ3v) is 2.86. The van der Waals surface area contributed by atoms with Crippen molar-refractivity contribution in [3.05, 3.63) is 53.4 Å². The first kappa shape index (κ1) is 14.3. The molecule has 1 aromatic heterocycles. The lowest BCUT2D eigenvalue weighted by atomic mass is 10.1. The molecular formula is C14H15F2N3O. The van der Waals surface area contributed by atoms with Gasteiger partial charge in [0.2, 0.25) is 0 Å². The number of carbonyl (C=O) groups is 1. The molecule has 0 radical (unpaired) electrons. The number of ketones is 1. The average molecular weight is 279 g/mol. The molecule has 0 saturated carbocycles. The zero-order chi connectivity index (χ0) is 14.7. The summed E-state index contributed by atoms with van der Waals surface area (Å²) < 4.78 is 28.0. The Morgan fingerprint density at radius 1 is 1.40 bits per heavy atom. The van der Waals surface area contributed by atoms with Crippen molar-refractivity contribution in [2.75, 3.05) is 13.6 Å². The third-order valence-electron chi connectivity index (χ3n) is 2.86.